The standard InChI is InChI=1S/C22H24N2OS2/c1-17-9-11-18(12-10-17)22(20-8-5-14-27-20)24-16-21(25)23-13-15-26-19-6-3-2-4-7-19/h2-12,14,22,24H,13,15-16H2,1H3,(H,23,25)/t22-/m0/s1. The summed E-state index contributed by atoms with van der Waals surface area (Å²) in [4.78, 5) is 14.7. The normalized spacial score (nSPS) is 11.9. The molecule has 0 fully saturated rings. The summed E-state index contributed by atoms with van der Waals surface area (Å²) in [6.07, 6.45) is 0. The molecule has 0 aliphatic rings. The van der Waals surface area contributed by atoms with Gasteiger partial charge in [0.2, 0.25) is 5.91 Å². The Morgan fingerprint density at radius 1 is 1.04 bits per heavy atom. The van der Waals surface area contributed by atoms with Crippen LogP contribution in [-0.4, -0.2) is 24.7 Å². The van der Waals surface area contributed by atoms with E-state index in [2.05, 4.69) is 65.4 Å². The Bertz CT molecular complexity index is 817. The van der Waals surface area contributed by atoms with Crippen LogP contribution in [0.5, 0.6) is 0 Å². The highest BCUT2D eigenvalue weighted by Gasteiger charge is 2.15. The van der Waals surface area contributed by atoms with Gasteiger partial charge < -0.3 is 5.32 Å². The van der Waals surface area contributed by atoms with Gasteiger partial charge in [0.1, 0.15) is 0 Å². The number of amides is 1. The largest absolute Gasteiger partial charge is 0.354 e. The Morgan fingerprint density at radius 3 is 2.52 bits per heavy atom. The molecule has 0 saturated heterocycles. The number of carbonyl (C=O) groups excluding carboxylic acids is 1. The van der Waals surface area contributed by atoms with Gasteiger partial charge in [-0.2, -0.15) is 0 Å². The molecule has 1 amide bonds. The van der Waals surface area contributed by atoms with Crippen LogP contribution >= 0.6 is 23.1 Å². The molecule has 1 atom stereocenters. The van der Waals surface area contributed by atoms with E-state index in [1.54, 1.807) is 23.1 Å². The zero-order valence-electron chi connectivity index (χ0n) is 15.4. The van der Waals surface area contributed by atoms with Gasteiger partial charge in [0.25, 0.3) is 0 Å². The molecule has 0 saturated carbocycles. The molecule has 3 aromatic rings. The topological polar surface area (TPSA) is 41.1 Å². The molecule has 3 nitrogen and oxygen atoms in total. The fourth-order valence-corrected chi connectivity index (χ4v) is 4.35. The molecule has 2 aromatic carbocycles. The second-order valence-electron chi connectivity index (χ2n) is 6.25. The zero-order chi connectivity index (χ0) is 18.9. The van der Waals surface area contributed by atoms with E-state index >= 15 is 0 Å². The van der Waals surface area contributed by atoms with E-state index < -0.39 is 0 Å². The van der Waals surface area contributed by atoms with Crippen molar-refractivity contribution in [1.82, 2.24) is 10.6 Å². The number of benzene rings is 2. The Hall–Kier alpha value is -2.08. The molecule has 2 N–H and O–H groups in total. The minimum absolute atomic E-state index is 0.0253. The number of rotatable bonds is 9. The van der Waals surface area contributed by atoms with Crippen LogP contribution in [0.1, 0.15) is 22.0 Å². The van der Waals surface area contributed by atoms with Crippen molar-refractivity contribution in [2.75, 3.05) is 18.8 Å². The summed E-state index contributed by atoms with van der Waals surface area (Å²) in [5, 5.41) is 8.47. The Morgan fingerprint density at radius 2 is 1.81 bits per heavy atom. The summed E-state index contributed by atoms with van der Waals surface area (Å²) in [7, 11) is 0. The fraction of sp³-hybridized carbons (Fsp3) is 0.227. The average molecular weight is 397 g/mol. The van der Waals surface area contributed by atoms with Crippen molar-refractivity contribution in [3.63, 3.8) is 0 Å². The molecule has 0 radical (unpaired) electrons. The van der Waals surface area contributed by atoms with E-state index in [1.807, 2.05) is 24.3 Å². The van der Waals surface area contributed by atoms with Crippen molar-refractivity contribution in [2.24, 2.45) is 0 Å². The van der Waals surface area contributed by atoms with Gasteiger partial charge in [-0.1, -0.05) is 54.1 Å². The summed E-state index contributed by atoms with van der Waals surface area (Å²) in [6, 6.07) is 22.9. The maximum atomic E-state index is 12.2. The maximum Gasteiger partial charge on any atom is 0.234 e. The molecule has 0 unspecified atom stereocenters. The smallest absolute Gasteiger partial charge is 0.234 e. The zero-order valence-corrected chi connectivity index (χ0v) is 17.0. The van der Waals surface area contributed by atoms with Crippen LogP contribution in [0, 0.1) is 6.92 Å². The number of aryl methyl sites for hydroxylation is 1. The summed E-state index contributed by atoms with van der Waals surface area (Å²) in [6.45, 7) is 3.04. The number of hydrogen-bond acceptors (Lipinski definition) is 4. The molecule has 0 bridgehead atoms. The molecule has 3 rings (SSSR count). The van der Waals surface area contributed by atoms with Crippen LogP contribution in [0.3, 0.4) is 0 Å². The number of nitrogens with one attached hydrogen (secondary N) is 2. The summed E-state index contributed by atoms with van der Waals surface area (Å²) in [5.74, 6) is 0.888. The highest BCUT2D eigenvalue weighted by Crippen LogP contribution is 2.26. The highest BCUT2D eigenvalue weighted by atomic mass is 32.2. The van der Waals surface area contributed by atoms with E-state index in [0.29, 0.717) is 13.1 Å². The quantitative estimate of drug-likeness (QED) is 0.409. The van der Waals surface area contributed by atoms with Gasteiger partial charge in [0, 0.05) is 22.1 Å². The molecule has 1 heterocycles. The molecule has 0 spiro atoms. The van der Waals surface area contributed by atoms with Crippen LogP contribution in [0.15, 0.2) is 77.0 Å². The van der Waals surface area contributed by atoms with Crippen LogP contribution in [-0.2, 0) is 4.79 Å². The van der Waals surface area contributed by atoms with E-state index in [-0.39, 0.29) is 11.9 Å². The average Bonchev–Trinajstić information content (AvgIpc) is 3.22. The molecule has 0 aliphatic heterocycles. The van der Waals surface area contributed by atoms with E-state index in [1.165, 1.54) is 20.9 Å². The van der Waals surface area contributed by atoms with Crippen LogP contribution in [0.25, 0.3) is 0 Å². The maximum absolute atomic E-state index is 12.2. The second-order valence-corrected chi connectivity index (χ2v) is 8.40. The Kier molecular flexibility index (Phi) is 7.51. The van der Waals surface area contributed by atoms with Crippen molar-refractivity contribution in [3.8, 4) is 0 Å². The van der Waals surface area contributed by atoms with Crippen LogP contribution in [0.4, 0.5) is 0 Å². The Balaban J connectivity index is 1.48. The first-order chi connectivity index (χ1) is 13.2. The molecule has 1 aromatic heterocycles. The molecule has 0 aliphatic carbocycles. The molecule has 140 valence electrons. The van der Waals surface area contributed by atoms with E-state index in [4.69, 9.17) is 0 Å². The lowest BCUT2D eigenvalue weighted by atomic mass is 10.0. The Labute approximate surface area is 169 Å². The summed E-state index contributed by atoms with van der Waals surface area (Å²) in [5.41, 5.74) is 2.41. The third kappa shape index (κ3) is 6.24. The second kappa shape index (κ2) is 10.3. The lowest BCUT2D eigenvalue weighted by molar-refractivity contribution is -0.120. The first kappa shape index (κ1) is 19.7. The first-order valence-corrected chi connectivity index (χ1v) is 10.9. The summed E-state index contributed by atoms with van der Waals surface area (Å²) >= 11 is 3.45. The molecular formula is C22H24N2OS2. The highest BCUT2D eigenvalue weighted by molar-refractivity contribution is 7.99. The number of carbonyl (C=O) groups is 1. The third-order valence-corrected chi connectivity index (χ3v) is 6.09. The molecule has 5 heteroatoms. The van der Waals surface area contributed by atoms with Crippen molar-refractivity contribution >= 4 is 29.0 Å². The van der Waals surface area contributed by atoms with Crippen LogP contribution in [0.2, 0.25) is 0 Å². The monoisotopic (exact) mass is 396 g/mol. The molecular weight excluding hydrogens is 372 g/mol. The predicted octanol–water partition coefficient (Wildman–Crippen LogP) is 4.64. The number of thiophene rings is 1. The van der Waals surface area contributed by atoms with Crippen LogP contribution < -0.4 is 10.6 Å². The lowest BCUT2D eigenvalue weighted by Gasteiger charge is -2.18. The van der Waals surface area contributed by atoms with Crippen molar-refractivity contribution < 1.29 is 4.79 Å². The van der Waals surface area contributed by atoms with Gasteiger partial charge in [-0.25, -0.2) is 0 Å². The number of thioether (sulfide) groups is 1. The van der Waals surface area contributed by atoms with Gasteiger partial charge in [-0.15, -0.1) is 23.1 Å². The summed E-state index contributed by atoms with van der Waals surface area (Å²) < 4.78 is 0. The van der Waals surface area contributed by atoms with Gasteiger partial charge in [-0.3, -0.25) is 10.1 Å². The minimum atomic E-state index is 0.0253. The predicted molar refractivity (Wildman–Crippen MR) is 116 cm³/mol. The lowest BCUT2D eigenvalue weighted by Crippen LogP contribution is -2.36. The van der Waals surface area contributed by atoms with E-state index in [9.17, 15) is 4.79 Å². The van der Waals surface area contributed by atoms with Gasteiger partial charge >= 0.3 is 0 Å². The first-order valence-electron chi connectivity index (χ1n) is 9.00. The third-order valence-electron chi connectivity index (χ3n) is 4.14. The SMILES string of the molecule is Cc1ccc([C@H](NCC(=O)NCCSc2ccccc2)c2cccs2)cc1. The van der Waals surface area contributed by atoms with E-state index in [0.717, 1.165) is 5.75 Å². The van der Waals surface area contributed by atoms with Gasteiger partial charge in [0.15, 0.2) is 0 Å². The van der Waals surface area contributed by atoms with Crippen molar-refractivity contribution in [1.29, 1.82) is 0 Å². The minimum Gasteiger partial charge on any atom is -0.354 e. The van der Waals surface area contributed by atoms with Gasteiger partial charge in [0.05, 0.1) is 12.6 Å². The number of hydrogen-bond donors (Lipinski definition) is 2. The molecule has 27 heavy (non-hydrogen) atoms. The van der Waals surface area contributed by atoms with Crippen molar-refractivity contribution in [3.05, 3.63) is 88.1 Å². The van der Waals surface area contributed by atoms with Gasteiger partial charge in [-0.05, 0) is 36.1 Å². The van der Waals surface area contributed by atoms with Crippen molar-refractivity contribution in [2.45, 2.75) is 17.9 Å². The fourth-order valence-electron chi connectivity index (χ4n) is 2.73.